The van der Waals surface area contributed by atoms with Crippen LogP contribution in [-0.4, -0.2) is 21.5 Å². The van der Waals surface area contributed by atoms with Crippen molar-refractivity contribution < 1.29 is 14.3 Å². The smallest absolute Gasteiger partial charge is 0.248 e. The van der Waals surface area contributed by atoms with Crippen LogP contribution in [0.15, 0.2) is 30.5 Å². The van der Waals surface area contributed by atoms with Crippen LogP contribution < -0.4 is 14.8 Å². The molecule has 0 spiro atoms. The highest BCUT2D eigenvalue weighted by Crippen LogP contribution is 2.41. The second kappa shape index (κ2) is 5.36. The molecule has 6 nitrogen and oxygen atoms in total. The van der Waals surface area contributed by atoms with E-state index < -0.39 is 5.79 Å². The van der Waals surface area contributed by atoms with Crippen molar-refractivity contribution in [3.8, 4) is 11.5 Å². The van der Waals surface area contributed by atoms with Crippen molar-refractivity contribution in [2.75, 3.05) is 5.32 Å². The van der Waals surface area contributed by atoms with E-state index in [0.29, 0.717) is 17.2 Å². The van der Waals surface area contributed by atoms with E-state index in [1.165, 1.54) is 0 Å². The Morgan fingerprint density at radius 2 is 2.09 bits per heavy atom. The van der Waals surface area contributed by atoms with Crippen LogP contribution in [0.25, 0.3) is 0 Å². The van der Waals surface area contributed by atoms with Gasteiger partial charge >= 0.3 is 0 Å². The van der Waals surface area contributed by atoms with Crippen LogP contribution in [0, 0.1) is 0 Å². The number of nitrogens with zero attached hydrogens (tertiary/aromatic N) is 2. The molecule has 0 unspecified atom stereocenters. The van der Waals surface area contributed by atoms with Crippen LogP contribution in [0.3, 0.4) is 0 Å². The maximum absolute atomic E-state index is 12.0. The molecule has 0 bridgehead atoms. The van der Waals surface area contributed by atoms with E-state index in [0.717, 1.165) is 12.1 Å². The highest BCUT2D eigenvalue weighted by atomic mass is 16.7. The van der Waals surface area contributed by atoms with E-state index in [-0.39, 0.29) is 12.3 Å². The summed E-state index contributed by atoms with van der Waals surface area (Å²) in [4.78, 5) is 12.0. The number of aromatic nitrogens is 2. The van der Waals surface area contributed by atoms with Crippen molar-refractivity contribution in [3.63, 3.8) is 0 Å². The van der Waals surface area contributed by atoms with Gasteiger partial charge < -0.3 is 14.8 Å². The Labute approximate surface area is 129 Å². The van der Waals surface area contributed by atoms with E-state index >= 15 is 0 Å². The molecule has 1 aromatic carbocycles. The quantitative estimate of drug-likeness (QED) is 0.942. The van der Waals surface area contributed by atoms with Crippen LogP contribution in [0.1, 0.15) is 26.0 Å². The number of hydrogen-bond donors (Lipinski definition) is 1. The standard InChI is InChI=1S/C16H19N3O3/c1-4-16(2)21-13-6-5-11(9-14(13)22-16)17-15(20)10-12-7-8-19(3)18-12/h5-9H,4,10H2,1-3H3,(H,17,20)/t16-/m1/s1. The van der Waals surface area contributed by atoms with Gasteiger partial charge in [0.05, 0.1) is 12.1 Å². The summed E-state index contributed by atoms with van der Waals surface area (Å²) in [6.45, 7) is 3.90. The maximum Gasteiger partial charge on any atom is 0.248 e. The number of hydrogen-bond acceptors (Lipinski definition) is 4. The number of amides is 1. The molecule has 0 fully saturated rings. The van der Waals surface area contributed by atoms with E-state index in [4.69, 9.17) is 9.47 Å². The third-order valence-corrected chi connectivity index (χ3v) is 3.63. The molecule has 6 heteroatoms. The topological polar surface area (TPSA) is 65.4 Å². The Kier molecular flexibility index (Phi) is 3.52. The zero-order valence-electron chi connectivity index (χ0n) is 12.9. The minimum atomic E-state index is -0.626. The Morgan fingerprint density at radius 1 is 1.32 bits per heavy atom. The Hall–Kier alpha value is -2.50. The molecule has 1 aliphatic rings. The lowest BCUT2D eigenvalue weighted by molar-refractivity contribution is -0.115. The molecule has 0 saturated carbocycles. The largest absolute Gasteiger partial charge is 0.449 e. The number of aryl methyl sites for hydroxylation is 1. The lowest BCUT2D eigenvalue weighted by Gasteiger charge is -2.20. The van der Waals surface area contributed by atoms with Gasteiger partial charge in [-0.1, -0.05) is 6.92 Å². The van der Waals surface area contributed by atoms with Crippen molar-refractivity contribution in [2.24, 2.45) is 7.05 Å². The van der Waals surface area contributed by atoms with Gasteiger partial charge in [-0.3, -0.25) is 9.48 Å². The van der Waals surface area contributed by atoms with Crippen LogP contribution in [-0.2, 0) is 18.3 Å². The van der Waals surface area contributed by atoms with Gasteiger partial charge in [0.2, 0.25) is 11.7 Å². The van der Waals surface area contributed by atoms with Crippen molar-refractivity contribution >= 4 is 11.6 Å². The van der Waals surface area contributed by atoms with E-state index in [9.17, 15) is 4.79 Å². The van der Waals surface area contributed by atoms with Gasteiger partial charge in [-0.2, -0.15) is 5.10 Å². The van der Waals surface area contributed by atoms with Crippen LogP contribution >= 0.6 is 0 Å². The molecular weight excluding hydrogens is 282 g/mol. The molecule has 1 amide bonds. The highest BCUT2D eigenvalue weighted by Gasteiger charge is 2.34. The van der Waals surface area contributed by atoms with Gasteiger partial charge in [0.1, 0.15) is 0 Å². The first-order valence-electron chi connectivity index (χ1n) is 7.28. The average molecular weight is 301 g/mol. The summed E-state index contributed by atoms with van der Waals surface area (Å²) < 4.78 is 13.2. The van der Waals surface area contributed by atoms with Crippen LogP contribution in [0.5, 0.6) is 11.5 Å². The first kappa shape index (κ1) is 14.4. The fourth-order valence-electron chi connectivity index (χ4n) is 2.31. The second-order valence-electron chi connectivity index (χ2n) is 5.56. The molecule has 1 aromatic heterocycles. The first-order chi connectivity index (χ1) is 10.5. The predicted molar refractivity (Wildman–Crippen MR) is 81.9 cm³/mol. The van der Waals surface area contributed by atoms with Gasteiger partial charge in [0, 0.05) is 38.3 Å². The number of carbonyl (C=O) groups is 1. The Morgan fingerprint density at radius 3 is 2.77 bits per heavy atom. The fraction of sp³-hybridized carbons (Fsp3) is 0.375. The SMILES string of the molecule is CC[C@]1(C)Oc2ccc(NC(=O)Cc3ccn(C)n3)cc2O1. The highest BCUT2D eigenvalue weighted by molar-refractivity contribution is 5.92. The molecule has 3 rings (SSSR count). The normalized spacial score (nSPS) is 19.2. The Balaban J connectivity index is 1.67. The average Bonchev–Trinajstić information content (AvgIpc) is 3.01. The molecule has 1 aliphatic heterocycles. The number of anilines is 1. The number of carbonyl (C=O) groups excluding carboxylic acids is 1. The minimum absolute atomic E-state index is 0.115. The molecular formula is C16H19N3O3. The van der Waals surface area contributed by atoms with Gasteiger partial charge in [0.25, 0.3) is 0 Å². The third kappa shape index (κ3) is 2.90. The van der Waals surface area contributed by atoms with E-state index in [1.807, 2.05) is 39.2 Å². The lowest BCUT2D eigenvalue weighted by Crippen LogP contribution is -2.33. The van der Waals surface area contributed by atoms with Crippen molar-refractivity contribution in [2.45, 2.75) is 32.5 Å². The first-order valence-corrected chi connectivity index (χ1v) is 7.28. The summed E-state index contributed by atoms with van der Waals surface area (Å²) in [6.07, 6.45) is 2.79. The van der Waals surface area contributed by atoms with Crippen LogP contribution in [0.4, 0.5) is 5.69 Å². The minimum Gasteiger partial charge on any atom is -0.449 e. The van der Waals surface area contributed by atoms with E-state index in [1.54, 1.807) is 16.8 Å². The van der Waals surface area contributed by atoms with Gasteiger partial charge in [-0.15, -0.1) is 0 Å². The predicted octanol–water partition coefficient (Wildman–Crippen LogP) is 2.50. The molecule has 2 heterocycles. The molecule has 0 aliphatic carbocycles. The monoisotopic (exact) mass is 301 g/mol. The van der Waals surface area contributed by atoms with Gasteiger partial charge in [-0.25, -0.2) is 0 Å². The number of nitrogens with one attached hydrogen (secondary N) is 1. The maximum atomic E-state index is 12.0. The summed E-state index contributed by atoms with van der Waals surface area (Å²) >= 11 is 0. The molecule has 2 aromatic rings. The Bertz CT molecular complexity index is 710. The van der Waals surface area contributed by atoms with Crippen molar-refractivity contribution in [1.29, 1.82) is 0 Å². The zero-order valence-corrected chi connectivity index (χ0v) is 12.9. The number of benzene rings is 1. The molecule has 1 N–H and O–H groups in total. The second-order valence-corrected chi connectivity index (χ2v) is 5.56. The summed E-state index contributed by atoms with van der Waals surface area (Å²) in [5.41, 5.74) is 1.42. The van der Waals surface area contributed by atoms with Gasteiger partial charge in [-0.05, 0) is 18.2 Å². The summed E-state index contributed by atoms with van der Waals surface area (Å²) in [6, 6.07) is 7.23. The molecule has 0 radical (unpaired) electrons. The fourth-order valence-corrected chi connectivity index (χ4v) is 2.31. The third-order valence-electron chi connectivity index (χ3n) is 3.63. The summed E-state index contributed by atoms with van der Waals surface area (Å²) in [7, 11) is 1.82. The van der Waals surface area contributed by atoms with E-state index in [2.05, 4.69) is 10.4 Å². The van der Waals surface area contributed by atoms with Gasteiger partial charge in [0.15, 0.2) is 11.5 Å². The summed E-state index contributed by atoms with van der Waals surface area (Å²) in [5.74, 6) is 0.613. The van der Waals surface area contributed by atoms with Crippen molar-refractivity contribution in [1.82, 2.24) is 9.78 Å². The number of fused-ring (bicyclic) bond motifs is 1. The number of ether oxygens (including phenoxy) is 2. The van der Waals surface area contributed by atoms with Crippen molar-refractivity contribution in [3.05, 3.63) is 36.2 Å². The molecule has 22 heavy (non-hydrogen) atoms. The molecule has 116 valence electrons. The summed E-state index contributed by atoms with van der Waals surface area (Å²) in [5, 5.41) is 7.04. The number of rotatable bonds is 4. The molecule has 1 atom stereocenters. The lowest BCUT2D eigenvalue weighted by atomic mass is 10.2. The zero-order chi connectivity index (χ0) is 15.7. The van der Waals surface area contributed by atoms with Crippen LogP contribution in [0.2, 0.25) is 0 Å². The molecule has 0 saturated heterocycles.